The lowest BCUT2D eigenvalue weighted by molar-refractivity contribution is -0.159. The van der Waals surface area contributed by atoms with E-state index >= 15 is 0 Å². The van der Waals surface area contributed by atoms with Crippen molar-refractivity contribution in [2.24, 2.45) is 0 Å². The molecule has 1 heterocycles. The quantitative estimate of drug-likeness (QED) is 0.545. The van der Waals surface area contributed by atoms with Crippen LogP contribution < -0.4 is 5.32 Å². The Morgan fingerprint density at radius 2 is 2.17 bits per heavy atom. The molecule has 1 aliphatic heterocycles. The molecule has 2 amide bonds. The van der Waals surface area contributed by atoms with Gasteiger partial charge in [-0.25, -0.2) is 9.59 Å². The normalized spacial score (nSPS) is 17.6. The van der Waals surface area contributed by atoms with Gasteiger partial charge in [-0.3, -0.25) is 0 Å². The van der Waals surface area contributed by atoms with Crippen molar-refractivity contribution in [3.05, 3.63) is 12.2 Å². The highest BCUT2D eigenvalue weighted by Crippen LogP contribution is 2.24. The Balaban J connectivity index is 2.20. The minimum absolute atomic E-state index is 0.129. The lowest BCUT2D eigenvalue weighted by atomic mass is 9.97. The maximum Gasteiger partial charge on any atom is 0.329 e. The molecule has 2 N–H and O–H groups in total. The maximum atomic E-state index is 11.6. The van der Waals surface area contributed by atoms with Crippen LogP contribution in [0.4, 0.5) is 4.79 Å². The van der Waals surface area contributed by atoms with Crippen molar-refractivity contribution >= 4 is 12.0 Å². The molecule has 1 rings (SSSR count). The average Bonchev–Trinajstić information content (AvgIpc) is 2.28. The highest BCUT2D eigenvalue weighted by molar-refractivity contribution is 5.75. The summed E-state index contributed by atoms with van der Waals surface area (Å²) in [6.07, 6.45) is 4.73. The van der Waals surface area contributed by atoms with Gasteiger partial charge in [-0.1, -0.05) is 12.2 Å². The second-order valence-electron chi connectivity index (χ2n) is 4.58. The molecule has 0 radical (unpaired) electrons. The third-order valence-electron chi connectivity index (χ3n) is 2.70. The first-order chi connectivity index (χ1) is 8.47. The van der Waals surface area contributed by atoms with Crippen molar-refractivity contribution in [1.29, 1.82) is 0 Å². The molecule has 1 fully saturated rings. The predicted octanol–water partition coefficient (Wildman–Crippen LogP) is 0.838. The van der Waals surface area contributed by atoms with Crippen molar-refractivity contribution in [2.45, 2.75) is 25.9 Å². The van der Waals surface area contributed by atoms with E-state index in [1.165, 1.54) is 0 Å². The number of carboxylic acid groups (broad SMARTS) is 1. The largest absolute Gasteiger partial charge is 0.480 e. The molecular formula is C12H20N2O4. The van der Waals surface area contributed by atoms with Gasteiger partial charge in [-0.2, -0.15) is 0 Å². The zero-order valence-corrected chi connectivity index (χ0v) is 10.8. The van der Waals surface area contributed by atoms with Crippen LogP contribution in [0.1, 0.15) is 20.3 Å². The Morgan fingerprint density at radius 3 is 2.72 bits per heavy atom. The van der Waals surface area contributed by atoms with Gasteiger partial charge in [-0.15, -0.1) is 0 Å². The maximum absolute atomic E-state index is 11.6. The number of amides is 2. The topological polar surface area (TPSA) is 78.9 Å². The molecule has 0 bridgehead atoms. The summed E-state index contributed by atoms with van der Waals surface area (Å²) < 4.78 is 5.22. The predicted molar refractivity (Wildman–Crippen MR) is 66.4 cm³/mol. The van der Waals surface area contributed by atoms with E-state index in [4.69, 9.17) is 9.84 Å². The van der Waals surface area contributed by atoms with Gasteiger partial charge in [0.2, 0.25) is 0 Å². The molecule has 1 saturated heterocycles. The molecule has 0 unspecified atom stereocenters. The number of nitrogens with zero attached hydrogens (tertiary/aromatic N) is 1. The summed E-state index contributed by atoms with van der Waals surface area (Å²) in [5.41, 5.74) is -0.529. The van der Waals surface area contributed by atoms with Gasteiger partial charge < -0.3 is 20.1 Å². The van der Waals surface area contributed by atoms with Gasteiger partial charge in [0.05, 0.1) is 13.1 Å². The van der Waals surface area contributed by atoms with Crippen LogP contribution in [-0.4, -0.2) is 53.8 Å². The van der Waals surface area contributed by atoms with Crippen molar-refractivity contribution < 1.29 is 19.4 Å². The zero-order chi connectivity index (χ0) is 13.6. The number of allylic oxidation sites excluding steroid dienone is 1. The molecule has 1 aliphatic rings. The van der Waals surface area contributed by atoms with Crippen molar-refractivity contribution in [3.8, 4) is 0 Å². The first-order valence-corrected chi connectivity index (χ1v) is 5.96. The Labute approximate surface area is 107 Å². The number of carbonyl (C=O) groups excluding carboxylic acids is 1. The lowest BCUT2D eigenvalue weighted by Crippen LogP contribution is -2.65. The van der Waals surface area contributed by atoms with Crippen LogP contribution in [0.2, 0.25) is 0 Å². The van der Waals surface area contributed by atoms with Crippen molar-refractivity contribution in [2.75, 3.05) is 26.2 Å². The SMILES string of the molecule is C/C=C/CCNC(=O)N1CC(C)(OCC(=O)O)C1. The van der Waals surface area contributed by atoms with E-state index in [1.54, 1.807) is 11.8 Å². The number of carboxylic acids is 1. The number of aliphatic carboxylic acids is 1. The molecule has 0 aromatic heterocycles. The van der Waals surface area contributed by atoms with E-state index in [-0.39, 0.29) is 12.6 Å². The number of nitrogens with one attached hydrogen (secondary N) is 1. The third kappa shape index (κ3) is 4.37. The highest BCUT2D eigenvalue weighted by Gasteiger charge is 2.42. The van der Waals surface area contributed by atoms with Gasteiger partial charge in [0.25, 0.3) is 0 Å². The molecule has 0 aliphatic carbocycles. The van der Waals surface area contributed by atoms with Crippen molar-refractivity contribution in [1.82, 2.24) is 10.2 Å². The number of rotatable bonds is 6. The highest BCUT2D eigenvalue weighted by atomic mass is 16.5. The minimum Gasteiger partial charge on any atom is -0.480 e. The Hall–Kier alpha value is -1.56. The van der Waals surface area contributed by atoms with Crippen LogP contribution in [0, 0.1) is 0 Å². The Bertz CT molecular complexity index is 335. The van der Waals surface area contributed by atoms with E-state index in [1.807, 2.05) is 19.1 Å². The molecule has 6 nitrogen and oxygen atoms in total. The smallest absolute Gasteiger partial charge is 0.329 e. The summed E-state index contributed by atoms with van der Waals surface area (Å²) in [6, 6.07) is -0.129. The summed E-state index contributed by atoms with van der Waals surface area (Å²) in [5.74, 6) is -0.995. The second-order valence-corrected chi connectivity index (χ2v) is 4.58. The summed E-state index contributed by atoms with van der Waals surface area (Å²) in [7, 11) is 0. The van der Waals surface area contributed by atoms with Gasteiger partial charge >= 0.3 is 12.0 Å². The van der Waals surface area contributed by atoms with E-state index in [2.05, 4.69) is 5.32 Å². The molecule has 6 heteroatoms. The van der Waals surface area contributed by atoms with Crippen LogP contribution in [0.25, 0.3) is 0 Å². The summed E-state index contributed by atoms with van der Waals surface area (Å²) >= 11 is 0. The molecule has 18 heavy (non-hydrogen) atoms. The standard InChI is InChI=1S/C12H20N2O4/c1-3-4-5-6-13-11(17)14-8-12(2,9-14)18-7-10(15)16/h3-4H,5-9H2,1-2H3,(H,13,17)(H,15,16)/b4-3+. The van der Waals surface area contributed by atoms with Gasteiger partial charge in [0.15, 0.2) is 0 Å². The van der Waals surface area contributed by atoms with Crippen molar-refractivity contribution in [3.63, 3.8) is 0 Å². The van der Waals surface area contributed by atoms with Crippen LogP contribution in [-0.2, 0) is 9.53 Å². The van der Waals surface area contributed by atoms with Gasteiger partial charge in [-0.05, 0) is 20.3 Å². The fourth-order valence-electron chi connectivity index (χ4n) is 1.77. The van der Waals surface area contributed by atoms with Crippen LogP contribution in [0.5, 0.6) is 0 Å². The number of urea groups is 1. The number of carbonyl (C=O) groups is 2. The summed E-state index contributed by atoms with van der Waals surface area (Å²) in [5, 5.41) is 11.3. The van der Waals surface area contributed by atoms with E-state index in [9.17, 15) is 9.59 Å². The van der Waals surface area contributed by atoms with E-state index in [0.29, 0.717) is 19.6 Å². The lowest BCUT2D eigenvalue weighted by Gasteiger charge is -2.46. The Morgan fingerprint density at radius 1 is 1.50 bits per heavy atom. The molecule has 0 aromatic rings. The fraction of sp³-hybridized carbons (Fsp3) is 0.667. The minimum atomic E-state index is -0.995. The summed E-state index contributed by atoms with van der Waals surface area (Å²) in [4.78, 5) is 23.6. The zero-order valence-electron chi connectivity index (χ0n) is 10.8. The first kappa shape index (κ1) is 14.5. The molecular weight excluding hydrogens is 236 g/mol. The number of hydrogen-bond acceptors (Lipinski definition) is 3. The van der Waals surface area contributed by atoms with Crippen LogP contribution in [0.15, 0.2) is 12.2 Å². The first-order valence-electron chi connectivity index (χ1n) is 5.96. The van der Waals surface area contributed by atoms with Gasteiger partial charge in [0.1, 0.15) is 12.2 Å². The molecule has 0 saturated carbocycles. The fourth-order valence-corrected chi connectivity index (χ4v) is 1.77. The molecule has 0 aromatic carbocycles. The Kier molecular flexibility index (Phi) is 5.15. The number of ether oxygens (including phenoxy) is 1. The van der Waals surface area contributed by atoms with Crippen LogP contribution in [0.3, 0.4) is 0 Å². The number of likely N-dealkylation sites (tertiary alicyclic amines) is 1. The molecule has 102 valence electrons. The third-order valence-corrected chi connectivity index (χ3v) is 2.70. The average molecular weight is 256 g/mol. The van der Waals surface area contributed by atoms with E-state index in [0.717, 1.165) is 6.42 Å². The number of hydrogen-bond donors (Lipinski definition) is 2. The van der Waals surface area contributed by atoms with Gasteiger partial charge in [0, 0.05) is 6.54 Å². The summed E-state index contributed by atoms with van der Waals surface area (Å²) in [6.45, 7) is 4.87. The molecule has 0 spiro atoms. The monoisotopic (exact) mass is 256 g/mol. The van der Waals surface area contributed by atoms with Crippen LogP contribution >= 0.6 is 0 Å². The van der Waals surface area contributed by atoms with E-state index < -0.39 is 11.6 Å². The molecule has 0 atom stereocenters. The second kappa shape index (κ2) is 6.39.